The van der Waals surface area contributed by atoms with Crippen molar-refractivity contribution < 1.29 is 13.2 Å². The van der Waals surface area contributed by atoms with Crippen LogP contribution in [0, 0.1) is 12.8 Å². The minimum absolute atomic E-state index is 0.223. The molecule has 9 heteroatoms. The largest absolute Gasteiger partial charge is 0.298 e. The van der Waals surface area contributed by atoms with E-state index in [1.165, 1.54) is 35.5 Å². The smallest absolute Gasteiger partial charge is 0.264 e. The van der Waals surface area contributed by atoms with Gasteiger partial charge in [0.05, 0.1) is 16.3 Å². The number of thiazole rings is 1. The summed E-state index contributed by atoms with van der Waals surface area (Å²) in [6, 6.07) is 13.2. The fourth-order valence-electron chi connectivity index (χ4n) is 4.10. The molecule has 0 radical (unpaired) electrons. The second-order valence-electron chi connectivity index (χ2n) is 8.91. The maximum Gasteiger partial charge on any atom is 0.264 e. The second kappa shape index (κ2) is 10.2. The molecule has 1 saturated heterocycles. The lowest BCUT2D eigenvalue weighted by Crippen LogP contribution is -2.33. The Morgan fingerprint density at radius 3 is 2.56 bits per heavy atom. The fourth-order valence-corrected chi connectivity index (χ4v) is 5.99. The van der Waals surface area contributed by atoms with E-state index in [1.807, 2.05) is 12.3 Å². The van der Waals surface area contributed by atoms with Crippen LogP contribution in [-0.4, -0.2) is 44.3 Å². The first kappa shape index (κ1) is 24.4. The van der Waals surface area contributed by atoms with Gasteiger partial charge in [-0.3, -0.25) is 19.3 Å². The van der Waals surface area contributed by atoms with Crippen molar-refractivity contribution in [3.8, 4) is 0 Å². The quantitative estimate of drug-likeness (QED) is 0.508. The predicted octanol–water partition coefficient (Wildman–Crippen LogP) is 4.76. The number of rotatable bonds is 7. The SMILES string of the molecule is Cc1ccc(S(=O)(=O)N(C)c2ccc(C(=O)Nc3nc(CN4CCCC(C)C4)cs3)cc2)cc1. The van der Waals surface area contributed by atoms with Gasteiger partial charge in [0.15, 0.2) is 5.13 Å². The summed E-state index contributed by atoms with van der Waals surface area (Å²) in [6.45, 7) is 7.15. The van der Waals surface area contributed by atoms with Crippen molar-refractivity contribution in [1.82, 2.24) is 9.88 Å². The molecule has 1 amide bonds. The van der Waals surface area contributed by atoms with Crippen LogP contribution in [0.2, 0.25) is 0 Å². The number of anilines is 2. The van der Waals surface area contributed by atoms with E-state index in [1.54, 1.807) is 48.5 Å². The van der Waals surface area contributed by atoms with Gasteiger partial charge in [-0.15, -0.1) is 11.3 Å². The Bertz CT molecular complexity index is 1240. The number of piperidine rings is 1. The Labute approximate surface area is 205 Å². The molecule has 0 bridgehead atoms. The minimum Gasteiger partial charge on any atom is -0.298 e. The number of aryl methyl sites for hydroxylation is 1. The molecule has 2 heterocycles. The number of nitrogens with zero attached hydrogens (tertiary/aromatic N) is 3. The van der Waals surface area contributed by atoms with E-state index in [2.05, 4.69) is 22.1 Å². The number of hydrogen-bond acceptors (Lipinski definition) is 6. The number of aromatic nitrogens is 1. The van der Waals surface area contributed by atoms with Crippen molar-refractivity contribution in [2.75, 3.05) is 29.8 Å². The fraction of sp³-hybridized carbons (Fsp3) is 0.360. The number of carbonyl (C=O) groups excluding carboxylic acids is 1. The van der Waals surface area contributed by atoms with Gasteiger partial charge in [0.1, 0.15) is 0 Å². The molecule has 1 aliphatic rings. The lowest BCUT2D eigenvalue weighted by Gasteiger charge is -2.30. The highest BCUT2D eigenvalue weighted by Gasteiger charge is 2.22. The highest BCUT2D eigenvalue weighted by molar-refractivity contribution is 7.92. The third kappa shape index (κ3) is 5.65. The summed E-state index contributed by atoms with van der Waals surface area (Å²) >= 11 is 1.41. The molecule has 0 spiro atoms. The number of sulfonamides is 1. The highest BCUT2D eigenvalue weighted by atomic mass is 32.2. The monoisotopic (exact) mass is 498 g/mol. The van der Waals surface area contributed by atoms with Gasteiger partial charge in [0.25, 0.3) is 15.9 Å². The number of carbonyl (C=O) groups is 1. The standard InChI is InChI=1S/C25H30N4O3S2/c1-18-6-12-23(13-7-18)34(31,32)28(3)22-10-8-20(9-11-22)24(30)27-25-26-21(17-33-25)16-29-14-4-5-19(2)15-29/h6-13,17,19H,4-5,14-16H2,1-3H3,(H,26,27,30). The van der Waals surface area contributed by atoms with Crippen LogP contribution in [0.1, 0.15) is 41.4 Å². The van der Waals surface area contributed by atoms with Crippen LogP contribution < -0.4 is 9.62 Å². The number of nitrogens with one attached hydrogen (secondary N) is 1. The van der Waals surface area contributed by atoms with E-state index in [-0.39, 0.29) is 10.8 Å². The zero-order valence-corrected chi connectivity index (χ0v) is 21.3. The normalized spacial score (nSPS) is 16.9. The molecule has 1 aromatic heterocycles. The van der Waals surface area contributed by atoms with Crippen molar-refractivity contribution in [3.63, 3.8) is 0 Å². The third-order valence-electron chi connectivity index (χ3n) is 6.07. The summed E-state index contributed by atoms with van der Waals surface area (Å²) in [7, 11) is -2.18. The second-order valence-corrected chi connectivity index (χ2v) is 11.7. The molecule has 1 fully saturated rings. The zero-order valence-electron chi connectivity index (χ0n) is 19.7. The van der Waals surface area contributed by atoms with Crippen molar-refractivity contribution in [3.05, 3.63) is 70.7 Å². The summed E-state index contributed by atoms with van der Waals surface area (Å²) in [4.78, 5) is 19.9. The van der Waals surface area contributed by atoms with Gasteiger partial charge >= 0.3 is 0 Å². The van der Waals surface area contributed by atoms with Crippen molar-refractivity contribution in [1.29, 1.82) is 0 Å². The van der Waals surface area contributed by atoms with Crippen molar-refractivity contribution in [2.24, 2.45) is 5.92 Å². The van der Waals surface area contributed by atoms with Crippen LogP contribution in [0.15, 0.2) is 58.8 Å². The molecule has 4 rings (SSSR count). The maximum atomic E-state index is 12.9. The maximum absolute atomic E-state index is 12.9. The number of amides is 1. The van der Waals surface area contributed by atoms with Crippen LogP contribution >= 0.6 is 11.3 Å². The van der Waals surface area contributed by atoms with E-state index in [9.17, 15) is 13.2 Å². The van der Waals surface area contributed by atoms with Crippen molar-refractivity contribution >= 4 is 38.1 Å². The van der Waals surface area contributed by atoms with E-state index in [4.69, 9.17) is 0 Å². The molecule has 0 aliphatic carbocycles. The Hall–Kier alpha value is -2.75. The van der Waals surface area contributed by atoms with Gasteiger partial charge in [0, 0.05) is 31.1 Å². The predicted molar refractivity (Wildman–Crippen MR) is 137 cm³/mol. The molecule has 180 valence electrons. The van der Waals surface area contributed by atoms with E-state index < -0.39 is 10.0 Å². The molecular formula is C25H30N4O3S2. The summed E-state index contributed by atoms with van der Waals surface area (Å²) in [5, 5.41) is 5.40. The Kier molecular flexibility index (Phi) is 7.35. The van der Waals surface area contributed by atoms with E-state index in [0.29, 0.717) is 22.3 Å². The summed E-state index contributed by atoms with van der Waals surface area (Å²) < 4.78 is 27.0. The van der Waals surface area contributed by atoms with Gasteiger partial charge < -0.3 is 0 Å². The lowest BCUT2D eigenvalue weighted by atomic mass is 10.0. The minimum atomic E-state index is -3.68. The molecule has 3 aromatic rings. The molecule has 1 N–H and O–H groups in total. The first-order valence-corrected chi connectivity index (χ1v) is 13.7. The van der Waals surface area contributed by atoms with Crippen LogP contribution in [0.25, 0.3) is 0 Å². The van der Waals surface area contributed by atoms with Crippen LogP contribution in [0.5, 0.6) is 0 Å². The summed E-state index contributed by atoms with van der Waals surface area (Å²) in [5.41, 5.74) is 2.87. The molecular weight excluding hydrogens is 468 g/mol. The summed E-state index contributed by atoms with van der Waals surface area (Å²) in [5.74, 6) is 0.434. The topological polar surface area (TPSA) is 82.6 Å². The van der Waals surface area contributed by atoms with E-state index >= 15 is 0 Å². The van der Waals surface area contributed by atoms with Gasteiger partial charge in [-0.25, -0.2) is 13.4 Å². The molecule has 7 nitrogen and oxygen atoms in total. The Morgan fingerprint density at radius 1 is 1.18 bits per heavy atom. The average molecular weight is 499 g/mol. The molecule has 1 atom stereocenters. The van der Waals surface area contributed by atoms with Crippen LogP contribution in [0.4, 0.5) is 10.8 Å². The number of hydrogen-bond donors (Lipinski definition) is 1. The number of benzene rings is 2. The molecule has 1 unspecified atom stereocenters. The molecule has 1 aliphatic heterocycles. The van der Waals surface area contributed by atoms with Crippen molar-refractivity contribution in [2.45, 2.75) is 38.1 Å². The van der Waals surface area contributed by atoms with Crippen LogP contribution in [-0.2, 0) is 16.6 Å². The lowest BCUT2D eigenvalue weighted by molar-refractivity contribution is 0.102. The highest BCUT2D eigenvalue weighted by Crippen LogP contribution is 2.24. The average Bonchev–Trinajstić information content (AvgIpc) is 3.25. The molecule has 0 saturated carbocycles. The molecule has 2 aromatic carbocycles. The number of likely N-dealkylation sites (tertiary alicyclic amines) is 1. The van der Waals surface area contributed by atoms with Gasteiger partial charge in [0.2, 0.25) is 0 Å². The Balaban J connectivity index is 1.38. The van der Waals surface area contributed by atoms with E-state index in [0.717, 1.165) is 30.9 Å². The van der Waals surface area contributed by atoms with Gasteiger partial charge in [-0.05, 0) is 68.6 Å². The van der Waals surface area contributed by atoms with Crippen LogP contribution in [0.3, 0.4) is 0 Å². The summed E-state index contributed by atoms with van der Waals surface area (Å²) in [6.07, 6.45) is 2.49. The van der Waals surface area contributed by atoms with Gasteiger partial charge in [-0.1, -0.05) is 24.6 Å². The zero-order chi connectivity index (χ0) is 24.3. The van der Waals surface area contributed by atoms with Gasteiger partial charge in [-0.2, -0.15) is 0 Å². The molecule has 34 heavy (non-hydrogen) atoms. The first-order valence-electron chi connectivity index (χ1n) is 11.4. The third-order valence-corrected chi connectivity index (χ3v) is 8.68. The first-order chi connectivity index (χ1) is 16.2. The Morgan fingerprint density at radius 2 is 1.88 bits per heavy atom.